The average molecular weight is 333 g/mol. The van der Waals surface area contributed by atoms with Gasteiger partial charge in [0.1, 0.15) is 12.1 Å². The Kier molecular flexibility index (Phi) is 3.53. The van der Waals surface area contributed by atoms with E-state index in [1.807, 2.05) is 0 Å². The van der Waals surface area contributed by atoms with Crippen molar-refractivity contribution in [3.63, 3.8) is 0 Å². The third-order valence-electron chi connectivity index (χ3n) is 2.14. The van der Waals surface area contributed by atoms with Crippen LogP contribution in [0.25, 0.3) is 11.3 Å². The van der Waals surface area contributed by atoms with E-state index in [2.05, 4.69) is 25.9 Å². The van der Waals surface area contributed by atoms with Crippen LogP contribution in [-0.4, -0.2) is 14.9 Å². The van der Waals surface area contributed by atoms with Gasteiger partial charge in [0.2, 0.25) is 5.15 Å². The monoisotopic (exact) mass is 331 g/mol. The van der Waals surface area contributed by atoms with Crippen LogP contribution in [0.2, 0.25) is 5.15 Å². The number of rotatable bonds is 2. The fourth-order valence-electron chi connectivity index (χ4n) is 1.40. The molecular weight excluding hydrogens is 328 g/mol. The van der Waals surface area contributed by atoms with E-state index >= 15 is 0 Å². The second-order valence-corrected chi connectivity index (χ2v) is 4.52. The molecule has 1 aromatic carbocycles. The Labute approximate surface area is 114 Å². The first kappa shape index (κ1) is 12.8. The van der Waals surface area contributed by atoms with Crippen LogP contribution in [0.3, 0.4) is 0 Å². The van der Waals surface area contributed by atoms with Gasteiger partial charge in [-0.1, -0.05) is 27.5 Å². The van der Waals surface area contributed by atoms with Crippen molar-refractivity contribution in [2.45, 2.75) is 0 Å². The van der Waals surface area contributed by atoms with Gasteiger partial charge in [0.05, 0.1) is 4.92 Å². The van der Waals surface area contributed by atoms with Crippen molar-refractivity contribution in [2.75, 3.05) is 0 Å². The van der Waals surface area contributed by atoms with Crippen LogP contribution in [0.5, 0.6) is 0 Å². The molecule has 0 atom stereocenters. The molecule has 0 aliphatic heterocycles. The van der Waals surface area contributed by atoms with Crippen LogP contribution in [0.15, 0.2) is 29.0 Å². The zero-order valence-corrected chi connectivity index (χ0v) is 10.9. The summed E-state index contributed by atoms with van der Waals surface area (Å²) in [6, 6.07) is 4.05. The Morgan fingerprint density at radius 2 is 2.11 bits per heavy atom. The molecule has 18 heavy (non-hydrogen) atoms. The highest BCUT2D eigenvalue weighted by Crippen LogP contribution is 2.34. The minimum atomic E-state index is -0.738. The Bertz CT molecular complexity index is 639. The fraction of sp³-hybridized carbons (Fsp3) is 0. The predicted octanol–water partition coefficient (Wildman–Crippen LogP) is 3.61. The molecule has 0 spiro atoms. The van der Waals surface area contributed by atoms with Crippen molar-refractivity contribution in [3.8, 4) is 11.3 Å². The van der Waals surface area contributed by atoms with E-state index < -0.39 is 16.4 Å². The van der Waals surface area contributed by atoms with Gasteiger partial charge in [-0.05, 0) is 18.2 Å². The van der Waals surface area contributed by atoms with Gasteiger partial charge in [0, 0.05) is 10.0 Å². The van der Waals surface area contributed by atoms with Gasteiger partial charge < -0.3 is 0 Å². The molecule has 1 aromatic heterocycles. The van der Waals surface area contributed by atoms with Crippen molar-refractivity contribution in [1.29, 1.82) is 0 Å². The number of halogens is 3. The molecule has 0 saturated carbocycles. The van der Waals surface area contributed by atoms with Crippen LogP contribution in [0.1, 0.15) is 0 Å². The molecule has 0 bridgehead atoms. The van der Waals surface area contributed by atoms with Gasteiger partial charge >= 0.3 is 5.69 Å². The number of nitro groups is 1. The molecule has 0 aliphatic rings. The maximum atomic E-state index is 13.7. The topological polar surface area (TPSA) is 68.9 Å². The van der Waals surface area contributed by atoms with Crippen molar-refractivity contribution in [3.05, 3.63) is 50.1 Å². The molecular formula is C10H4BrClFN3O2. The summed E-state index contributed by atoms with van der Waals surface area (Å²) in [4.78, 5) is 17.4. The quantitative estimate of drug-likeness (QED) is 0.478. The summed E-state index contributed by atoms with van der Waals surface area (Å²) in [6.07, 6.45) is 1.05. The number of benzene rings is 1. The summed E-state index contributed by atoms with van der Waals surface area (Å²) in [5.41, 5.74) is -0.685. The van der Waals surface area contributed by atoms with Crippen molar-refractivity contribution in [1.82, 2.24) is 9.97 Å². The molecule has 0 aliphatic carbocycles. The summed E-state index contributed by atoms with van der Waals surface area (Å²) in [6.45, 7) is 0. The van der Waals surface area contributed by atoms with Crippen LogP contribution < -0.4 is 0 Å². The SMILES string of the molecule is O=[N+]([O-])c1c(Cl)ncnc1-c1cc(Br)ccc1F. The Balaban J connectivity index is 2.75. The molecule has 1 heterocycles. The summed E-state index contributed by atoms with van der Waals surface area (Å²) in [7, 11) is 0. The van der Waals surface area contributed by atoms with E-state index in [9.17, 15) is 14.5 Å². The number of aromatic nitrogens is 2. The summed E-state index contributed by atoms with van der Waals surface area (Å²) < 4.78 is 14.3. The standard InChI is InChI=1S/C10H4BrClFN3O2/c11-5-1-2-7(13)6(3-5)8-9(16(17)18)10(12)15-4-14-8/h1-4H. The summed E-state index contributed by atoms with van der Waals surface area (Å²) in [5, 5.41) is 10.6. The molecule has 0 N–H and O–H groups in total. The first-order valence-electron chi connectivity index (χ1n) is 4.61. The maximum Gasteiger partial charge on any atom is 0.332 e. The Hall–Kier alpha value is -1.60. The Morgan fingerprint density at radius 1 is 1.39 bits per heavy atom. The van der Waals surface area contributed by atoms with Crippen molar-refractivity contribution >= 4 is 33.2 Å². The molecule has 0 amide bonds. The first-order chi connectivity index (χ1) is 8.50. The van der Waals surface area contributed by atoms with Gasteiger partial charge in [-0.2, -0.15) is 0 Å². The van der Waals surface area contributed by atoms with Crippen LogP contribution in [0.4, 0.5) is 10.1 Å². The van der Waals surface area contributed by atoms with E-state index in [4.69, 9.17) is 11.6 Å². The first-order valence-corrected chi connectivity index (χ1v) is 5.78. The van der Waals surface area contributed by atoms with Gasteiger partial charge in [-0.25, -0.2) is 14.4 Å². The van der Waals surface area contributed by atoms with E-state index in [1.165, 1.54) is 18.2 Å². The highest BCUT2D eigenvalue weighted by Gasteiger charge is 2.24. The second kappa shape index (κ2) is 4.95. The van der Waals surface area contributed by atoms with Gasteiger partial charge in [-0.3, -0.25) is 10.1 Å². The lowest BCUT2D eigenvalue weighted by molar-refractivity contribution is -0.384. The number of hydrogen-bond donors (Lipinski definition) is 0. The third-order valence-corrected chi connectivity index (χ3v) is 2.91. The smallest absolute Gasteiger partial charge is 0.258 e. The maximum absolute atomic E-state index is 13.7. The van der Waals surface area contributed by atoms with Crippen molar-refractivity contribution < 1.29 is 9.31 Å². The van der Waals surface area contributed by atoms with Gasteiger partial charge in [0.15, 0.2) is 5.69 Å². The largest absolute Gasteiger partial charge is 0.332 e. The molecule has 0 radical (unpaired) electrons. The zero-order chi connectivity index (χ0) is 13.3. The van der Waals surface area contributed by atoms with E-state index in [0.717, 1.165) is 6.33 Å². The molecule has 2 rings (SSSR count). The highest BCUT2D eigenvalue weighted by atomic mass is 79.9. The van der Waals surface area contributed by atoms with Gasteiger partial charge in [-0.15, -0.1) is 0 Å². The lowest BCUT2D eigenvalue weighted by Crippen LogP contribution is -1.99. The normalized spacial score (nSPS) is 10.4. The fourth-order valence-corrected chi connectivity index (χ4v) is 1.96. The minimum absolute atomic E-state index is 0.0135. The lowest BCUT2D eigenvalue weighted by Gasteiger charge is -2.04. The molecule has 0 fully saturated rings. The molecule has 8 heteroatoms. The summed E-state index contributed by atoms with van der Waals surface area (Å²) >= 11 is 8.80. The molecule has 92 valence electrons. The molecule has 0 saturated heterocycles. The Morgan fingerprint density at radius 3 is 2.78 bits per heavy atom. The lowest BCUT2D eigenvalue weighted by atomic mass is 10.1. The van der Waals surface area contributed by atoms with Crippen LogP contribution in [0, 0.1) is 15.9 Å². The van der Waals surface area contributed by atoms with E-state index in [1.54, 1.807) is 0 Å². The van der Waals surface area contributed by atoms with E-state index in [0.29, 0.717) is 4.47 Å². The van der Waals surface area contributed by atoms with Crippen molar-refractivity contribution in [2.24, 2.45) is 0 Å². The van der Waals surface area contributed by atoms with Gasteiger partial charge in [0.25, 0.3) is 0 Å². The molecule has 0 unspecified atom stereocenters. The molecule has 2 aromatic rings. The minimum Gasteiger partial charge on any atom is -0.258 e. The second-order valence-electron chi connectivity index (χ2n) is 3.24. The highest BCUT2D eigenvalue weighted by molar-refractivity contribution is 9.10. The van der Waals surface area contributed by atoms with Crippen LogP contribution >= 0.6 is 27.5 Å². The number of hydrogen-bond acceptors (Lipinski definition) is 4. The van der Waals surface area contributed by atoms with Crippen LogP contribution in [-0.2, 0) is 0 Å². The molecule has 5 nitrogen and oxygen atoms in total. The number of nitrogens with zero attached hydrogens (tertiary/aromatic N) is 3. The third kappa shape index (κ3) is 2.32. The average Bonchev–Trinajstić information content (AvgIpc) is 2.31. The predicted molar refractivity (Wildman–Crippen MR) is 66.8 cm³/mol. The zero-order valence-electron chi connectivity index (χ0n) is 8.60. The van der Waals surface area contributed by atoms with E-state index in [-0.39, 0.29) is 16.4 Å². The summed E-state index contributed by atoms with van der Waals surface area (Å²) in [5.74, 6) is -0.629.